The van der Waals surface area contributed by atoms with Gasteiger partial charge in [-0.15, -0.1) is 0 Å². The number of hydrogen-bond donors (Lipinski definition) is 1. The average Bonchev–Trinajstić information content (AvgIpc) is 3.07. The van der Waals surface area contributed by atoms with Crippen molar-refractivity contribution in [2.75, 3.05) is 5.32 Å². The number of rotatable bonds is 4. The molecule has 25 heavy (non-hydrogen) atoms. The largest absolute Gasteiger partial charge is 0.320 e. The highest BCUT2D eigenvalue weighted by molar-refractivity contribution is 6.03. The van der Waals surface area contributed by atoms with Crippen molar-refractivity contribution < 1.29 is 14.1 Å². The molecular weight excluding hydrogens is 327 g/mol. The zero-order valence-corrected chi connectivity index (χ0v) is 13.1. The maximum atomic E-state index is 13.0. The van der Waals surface area contributed by atoms with Gasteiger partial charge in [0.1, 0.15) is 5.82 Å². The summed E-state index contributed by atoms with van der Waals surface area (Å²) < 4.78 is 14.4. The van der Waals surface area contributed by atoms with Crippen molar-refractivity contribution in [2.45, 2.75) is 6.92 Å². The van der Waals surface area contributed by atoms with Gasteiger partial charge in [0.05, 0.1) is 10.6 Å². The summed E-state index contributed by atoms with van der Waals surface area (Å²) in [7, 11) is 0. The number of hydrogen-bond acceptors (Lipinski definition) is 4. The van der Waals surface area contributed by atoms with Crippen molar-refractivity contribution in [2.24, 2.45) is 0 Å². The Kier molecular flexibility index (Phi) is 4.25. The van der Waals surface area contributed by atoms with Crippen LogP contribution < -0.4 is 5.32 Å². The van der Waals surface area contributed by atoms with Crippen molar-refractivity contribution in [3.8, 4) is 5.69 Å². The van der Waals surface area contributed by atoms with Crippen LogP contribution in [0.15, 0.2) is 54.7 Å². The number of amides is 1. The molecule has 126 valence electrons. The van der Waals surface area contributed by atoms with E-state index in [0.717, 1.165) is 0 Å². The number of carbonyl (C=O) groups is 1. The standard InChI is InChI=1S/C17H13FN4O3/c1-11-2-5-13(10-16(11)22(24)25)19-17(23)15-8-9-21(20-15)14-6-3-12(18)4-7-14/h2-10H,1H3,(H,19,23). The van der Waals surface area contributed by atoms with E-state index in [4.69, 9.17) is 0 Å². The molecule has 0 aliphatic heterocycles. The highest BCUT2D eigenvalue weighted by Crippen LogP contribution is 2.22. The molecule has 0 aliphatic carbocycles. The van der Waals surface area contributed by atoms with Crippen molar-refractivity contribution in [3.63, 3.8) is 0 Å². The van der Waals surface area contributed by atoms with Crippen molar-refractivity contribution in [1.82, 2.24) is 9.78 Å². The number of aromatic nitrogens is 2. The molecule has 0 fully saturated rings. The summed E-state index contributed by atoms with van der Waals surface area (Å²) in [6.45, 7) is 1.62. The summed E-state index contributed by atoms with van der Waals surface area (Å²) in [5.74, 6) is -0.867. The van der Waals surface area contributed by atoms with Gasteiger partial charge in [-0.3, -0.25) is 14.9 Å². The summed E-state index contributed by atoms with van der Waals surface area (Å²) in [6.07, 6.45) is 1.57. The van der Waals surface area contributed by atoms with Crippen LogP contribution in [0.5, 0.6) is 0 Å². The summed E-state index contributed by atoms with van der Waals surface area (Å²) >= 11 is 0. The number of nitrogens with zero attached hydrogens (tertiary/aromatic N) is 3. The Labute approximate surface area is 141 Å². The van der Waals surface area contributed by atoms with Gasteiger partial charge < -0.3 is 5.32 Å². The summed E-state index contributed by atoms with van der Waals surface area (Å²) in [5, 5.41) is 17.7. The molecule has 0 saturated heterocycles. The lowest BCUT2D eigenvalue weighted by molar-refractivity contribution is -0.385. The lowest BCUT2D eigenvalue weighted by Crippen LogP contribution is -2.13. The molecule has 0 aliphatic rings. The molecule has 3 rings (SSSR count). The maximum Gasteiger partial charge on any atom is 0.276 e. The van der Waals surface area contributed by atoms with E-state index >= 15 is 0 Å². The molecule has 0 atom stereocenters. The number of nitro groups is 1. The third kappa shape index (κ3) is 3.52. The molecule has 1 N–H and O–H groups in total. The van der Waals surface area contributed by atoms with Crippen LogP contribution in [0.3, 0.4) is 0 Å². The number of carbonyl (C=O) groups excluding carboxylic acids is 1. The van der Waals surface area contributed by atoms with Crippen LogP contribution in [0.1, 0.15) is 16.1 Å². The van der Waals surface area contributed by atoms with Crippen LogP contribution in [-0.2, 0) is 0 Å². The van der Waals surface area contributed by atoms with Crippen molar-refractivity contribution in [3.05, 3.63) is 81.9 Å². The highest BCUT2D eigenvalue weighted by Gasteiger charge is 2.15. The van der Waals surface area contributed by atoms with Gasteiger partial charge in [0.25, 0.3) is 11.6 Å². The molecular formula is C17H13FN4O3. The minimum atomic E-state index is -0.506. The first kappa shape index (κ1) is 16.3. The van der Waals surface area contributed by atoms with E-state index in [2.05, 4.69) is 10.4 Å². The maximum absolute atomic E-state index is 13.0. The summed E-state index contributed by atoms with van der Waals surface area (Å²) in [5.41, 5.74) is 1.47. The first-order valence-electron chi connectivity index (χ1n) is 7.32. The fourth-order valence-electron chi connectivity index (χ4n) is 2.26. The van der Waals surface area contributed by atoms with Crippen LogP contribution in [0.25, 0.3) is 5.69 Å². The second-order valence-electron chi connectivity index (χ2n) is 5.33. The Hall–Kier alpha value is -3.55. The SMILES string of the molecule is Cc1ccc(NC(=O)c2ccn(-c3ccc(F)cc3)n2)cc1[N+](=O)[O-]. The molecule has 1 amide bonds. The van der Waals surface area contributed by atoms with E-state index in [1.165, 1.54) is 41.1 Å². The quantitative estimate of drug-likeness (QED) is 0.581. The topological polar surface area (TPSA) is 90.1 Å². The number of benzene rings is 2. The fraction of sp³-hybridized carbons (Fsp3) is 0.0588. The number of nitrogens with one attached hydrogen (secondary N) is 1. The zero-order valence-electron chi connectivity index (χ0n) is 13.1. The number of halogens is 1. The van der Waals surface area contributed by atoms with E-state index in [0.29, 0.717) is 16.9 Å². The van der Waals surface area contributed by atoms with Crippen molar-refractivity contribution >= 4 is 17.3 Å². The minimum absolute atomic E-state index is 0.0744. The molecule has 7 nitrogen and oxygen atoms in total. The Morgan fingerprint density at radius 1 is 1.20 bits per heavy atom. The van der Waals surface area contributed by atoms with E-state index in [-0.39, 0.29) is 17.2 Å². The fourth-order valence-corrected chi connectivity index (χ4v) is 2.26. The van der Waals surface area contributed by atoms with E-state index in [1.54, 1.807) is 25.3 Å². The van der Waals surface area contributed by atoms with E-state index < -0.39 is 10.8 Å². The van der Waals surface area contributed by atoms with Gasteiger partial charge >= 0.3 is 0 Å². The second kappa shape index (κ2) is 6.52. The van der Waals surface area contributed by atoms with Gasteiger partial charge in [0, 0.05) is 23.5 Å². The summed E-state index contributed by atoms with van der Waals surface area (Å²) in [6, 6.07) is 11.6. The molecule has 0 spiro atoms. The lowest BCUT2D eigenvalue weighted by Gasteiger charge is -2.05. The summed E-state index contributed by atoms with van der Waals surface area (Å²) in [4.78, 5) is 22.7. The van der Waals surface area contributed by atoms with Gasteiger partial charge in [0.15, 0.2) is 5.69 Å². The highest BCUT2D eigenvalue weighted by atomic mass is 19.1. The van der Waals surface area contributed by atoms with Gasteiger partial charge in [-0.2, -0.15) is 5.10 Å². The molecule has 2 aromatic carbocycles. The van der Waals surface area contributed by atoms with E-state index in [9.17, 15) is 19.3 Å². The monoisotopic (exact) mass is 340 g/mol. The smallest absolute Gasteiger partial charge is 0.276 e. The molecule has 3 aromatic rings. The lowest BCUT2D eigenvalue weighted by atomic mass is 10.2. The minimum Gasteiger partial charge on any atom is -0.320 e. The van der Waals surface area contributed by atoms with E-state index in [1.807, 2.05) is 0 Å². The molecule has 8 heteroatoms. The van der Waals surface area contributed by atoms with Crippen LogP contribution in [0.2, 0.25) is 0 Å². The Morgan fingerprint density at radius 3 is 2.60 bits per heavy atom. The van der Waals surface area contributed by atoms with Gasteiger partial charge in [-0.1, -0.05) is 6.07 Å². The van der Waals surface area contributed by atoms with Gasteiger partial charge in [0.2, 0.25) is 0 Å². The molecule has 0 saturated carbocycles. The Balaban J connectivity index is 1.79. The normalized spacial score (nSPS) is 10.5. The van der Waals surface area contributed by atoms with Crippen molar-refractivity contribution in [1.29, 1.82) is 0 Å². The molecule has 0 bridgehead atoms. The second-order valence-corrected chi connectivity index (χ2v) is 5.33. The average molecular weight is 340 g/mol. The predicted molar refractivity (Wildman–Crippen MR) is 89.3 cm³/mol. The molecule has 1 heterocycles. The zero-order chi connectivity index (χ0) is 18.0. The first-order valence-corrected chi connectivity index (χ1v) is 7.32. The molecule has 0 unspecified atom stereocenters. The third-order valence-corrected chi connectivity index (χ3v) is 3.58. The predicted octanol–water partition coefficient (Wildman–Crippen LogP) is 3.48. The van der Waals surface area contributed by atoms with Gasteiger partial charge in [-0.05, 0) is 43.3 Å². The van der Waals surface area contributed by atoms with Gasteiger partial charge in [-0.25, -0.2) is 9.07 Å². The Bertz CT molecular complexity index is 951. The first-order chi connectivity index (χ1) is 11.9. The molecule has 1 aromatic heterocycles. The van der Waals surface area contributed by atoms with Crippen LogP contribution in [-0.4, -0.2) is 20.6 Å². The number of aryl methyl sites for hydroxylation is 1. The number of nitro benzene ring substituents is 1. The molecule has 0 radical (unpaired) electrons. The Morgan fingerprint density at radius 2 is 1.92 bits per heavy atom. The third-order valence-electron chi connectivity index (χ3n) is 3.58. The number of anilines is 1. The van der Waals surface area contributed by atoms with Crippen LogP contribution >= 0.6 is 0 Å². The van der Waals surface area contributed by atoms with Crippen LogP contribution in [0.4, 0.5) is 15.8 Å². The van der Waals surface area contributed by atoms with Crippen LogP contribution in [0, 0.1) is 22.9 Å².